The molecule has 0 spiro atoms. The monoisotopic (exact) mass is 316 g/mol. The largest absolute Gasteiger partial charge is 0.411 e. The third-order valence-corrected chi connectivity index (χ3v) is 4.80. The number of rotatable bonds is 2. The molecule has 0 aromatic heterocycles. The van der Waals surface area contributed by atoms with Crippen LogP contribution in [0.2, 0.25) is 0 Å². The Morgan fingerprint density at radius 1 is 1.24 bits per heavy atom. The van der Waals surface area contributed by atoms with Gasteiger partial charge in [-0.25, -0.2) is 8.78 Å². The first-order valence-corrected chi connectivity index (χ1v) is 6.99. The summed E-state index contributed by atoms with van der Waals surface area (Å²) in [6.07, 6.45) is 4.01. The molecule has 0 amide bonds. The summed E-state index contributed by atoms with van der Waals surface area (Å²) in [6.45, 7) is 0. The second-order valence-corrected chi connectivity index (χ2v) is 5.83. The molecule has 1 aromatic carbocycles. The minimum atomic E-state index is -0.663. The van der Waals surface area contributed by atoms with Crippen LogP contribution in [-0.4, -0.2) is 35.0 Å². The molecule has 1 aromatic rings. The van der Waals surface area contributed by atoms with E-state index in [1.54, 1.807) is 0 Å². The van der Waals surface area contributed by atoms with Crippen molar-refractivity contribution in [3.05, 3.63) is 35.4 Å². The molecule has 2 aliphatic rings. The highest BCUT2D eigenvalue weighted by atomic mass is 35.5. The fourth-order valence-electron chi connectivity index (χ4n) is 3.69. The van der Waals surface area contributed by atoms with Gasteiger partial charge in [0.1, 0.15) is 11.6 Å². The normalized spacial score (nSPS) is 29.3. The smallest absolute Gasteiger partial charge is 0.135 e. The predicted octanol–water partition coefficient (Wildman–Crippen LogP) is 3.44. The summed E-state index contributed by atoms with van der Waals surface area (Å²) in [5.74, 6) is -1.25. The SMILES string of the molecule is CN1C2CCC1CC(/C(=N/O)c1ccc(F)cc1F)C2.Cl. The fraction of sp³-hybridized carbons (Fsp3) is 0.533. The van der Waals surface area contributed by atoms with Crippen LogP contribution in [0, 0.1) is 17.6 Å². The molecule has 2 aliphatic heterocycles. The Labute approximate surface area is 129 Å². The standard InChI is InChI=1S/C15H18F2N2O.ClH/c1-19-11-3-4-12(19)7-9(6-11)15(18-20)13-5-2-10(16)8-14(13)17;/h2,5,8-9,11-12,20H,3-4,6-7H2,1H3;1H/b18-15-;. The van der Waals surface area contributed by atoms with Crippen molar-refractivity contribution >= 4 is 18.1 Å². The molecule has 3 rings (SSSR count). The average molecular weight is 317 g/mol. The minimum Gasteiger partial charge on any atom is -0.411 e. The highest BCUT2D eigenvalue weighted by molar-refractivity contribution is 6.02. The van der Waals surface area contributed by atoms with E-state index >= 15 is 0 Å². The number of benzene rings is 1. The third kappa shape index (κ3) is 2.90. The summed E-state index contributed by atoms with van der Waals surface area (Å²) in [4.78, 5) is 2.37. The van der Waals surface area contributed by atoms with Gasteiger partial charge in [0, 0.05) is 29.6 Å². The van der Waals surface area contributed by atoms with Crippen molar-refractivity contribution in [3.63, 3.8) is 0 Å². The van der Waals surface area contributed by atoms with Gasteiger partial charge in [0.2, 0.25) is 0 Å². The molecule has 6 heteroatoms. The Bertz CT molecular complexity index is 538. The lowest BCUT2D eigenvalue weighted by atomic mass is 9.84. The van der Waals surface area contributed by atoms with E-state index in [2.05, 4.69) is 17.1 Å². The number of halogens is 3. The third-order valence-electron chi connectivity index (χ3n) is 4.80. The molecule has 2 saturated heterocycles. The summed E-state index contributed by atoms with van der Waals surface area (Å²) in [5, 5.41) is 12.6. The van der Waals surface area contributed by atoms with Gasteiger partial charge in [0.25, 0.3) is 0 Å². The Morgan fingerprint density at radius 3 is 2.38 bits per heavy atom. The Kier molecular flexibility index (Phi) is 4.84. The lowest BCUT2D eigenvalue weighted by molar-refractivity contribution is 0.156. The van der Waals surface area contributed by atoms with Gasteiger partial charge in [-0.05, 0) is 44.9 Å². The van der Waals surface area contributed by atoms with Crippen molar-refractivity contribution in [1.29, 1.82) is 0 Å². The van der Waals surface area contributed by atoms with E-state index in [0.717, 1.165) is 31.7 Å². The summed E-state index contributed by atoms with van der Waals surface area (Å²) in [6, 6.07) is 4.34. The van der Waals surface area contributed by atoms with E-state index in [1.165, 1.54) is 12.1 Å². The van der Waals surface area contributed by atoms with Gasteiger partial charge >= 0.3 is 0 Å². The molecule has 21 heavy (non-hydrogen) atoms. The topological polar surface area (TPSA) is 35.8 Å². The van der Waals surface area contributed by atoms with E-state index in [0.29, 0.717) is 17.8 Å². The van der Waals surface area contributed by atoms with Crippen molar-refractivity contribution in [2.75, 3.05) is 7.05 Å². The molecular weight excluding hydrogens is 298 g/mol. The van der Waals surface area contributed by atoms with Crippen molar-refractivity contribution < 1.29 is 14.0 Å². The first-order valence-electron chi connectivity index (χ1n) is 6.99. The van der Waals surface area contributed by atoms with Crippen LogP contribution in [0.25, 0.3) is 0 Å². The van der Waals surface area contributed by atoms with Crippen molar-refractivity contribution in [1.82, 2.24) is 4.90 Å². The average Bonchev–Trinajstić information content (AvgIpc) is 2.64. The maximum absolute atomic E-state index is 13.9. The highest BCUT2D eigenvalue weighted by Crippen LogP contribution is 2.39. The van der Waals surface area contributed by atoms with Gasteiger partial charge in [-0.15, -0.1) is 12.4 Å². The number of piperidine rings is 1. The molecule has 0 radical (unpaired) electrons. The first kappa shape index (κ1) is 16.2. The van der Waals surface area contributed by atoms with Gasteiger partial charge in [-0.1, -0.05) is 5.16 Å². The van der Waals surface area contributed by atoms with Crippen molar-refractivity contribution in [3.8, 4) is 0 Å². The fourth-order valence-corrected chi connectivity index (χ4v) is 3.69. The summed E-state index contributed by atoms with van der Waals surface area (Å²) in [7, 11) is 2.12. The number of oxime groups is 1. The van der Waals surface area contributed by atoms with E-state index in [-0.39, 0.29) is 23.9 Å². The maximum Gasteiger partial charge on any atom is 0.135 e. The molecule has 0 saturated carbocycles. The predicted molar refractivity (Wildman–Crippen MR) is 79.2 cm³/mol. The van der Waals surface area contributed by atoms with E-state index in [4.69, 9.17) is 0 Å². The van der Waals surface area contributed by atoms with Crippen LogP contribution < -0.4 is 0 Å². The van der Waals surface area contributed by atoms with E-state index in [9.17, 15) is 14.0 Å². The molecule has 2 unspecified atom stereocenters. The summed E-state index contributed by atoms with van der Waals surface area (Å²) >= 11 is 0. The summed E-state index contributed by atoms with van der Waals surface area (Å²) < 4.78 is 26.9. The maximum atomic E-state index is 13.9. The second-order valence-electron chi connectivity index (χ2n) is 5.83. The van der Waals surface area contributed by atoms with Crippen molar-refractivity contribution in [2.24, 2.45) is 11.1 Å². The van der Waals surface area contributed by atoms with Gasteiger partial charge in [-0.3, -0.25) is 0 Å². The van der Waals surface area contributed by atoms with Crippen LogP contribution in [0.4, 0.5) is 8.78 Å². The molecule has 116 valence electrons. The van der Waals surface area contributed by atoms with Gasteiger partial charge < -0.3 is 10.1 Å². The van der Waals surface area contributed by atoms with E-state index in [1.807, 2.05) is 0 Å². The zero-order chi connectivity index (χ0) is 14.3. The van der Waals surface area contributed by atoms with Crippen LogP contribution in [0.3, 0.4) is 0 Å². The van der Waals surface area contributed by atoms with Gasteiger partial charge in [-0.2, -0.15) is 0 Å². The quantitative estimate of drug-likeness (QED) is 0.515. The lowest BCUT2D eigenvalue weighted by Gasteiger charge is -2.36. The van der Waals surface area contributed by atoms with Crippen LogP contribution in [0.15, 0.2) is 23.4 Å². The molecule has 2 bridgehead atoms. The number of nitrogens with zero attached hydrogens (tertiary/aromatic N) is 2. The zero-order valence-electron chi connectivity index (χ0n) is 11.8. The van der Waals surface area contributed by atoms with Crippen LogP contribution in [-0.2, 0) is 0 Å². The molecule has 2 heterocycles. The number of hydrogen-bond acceptors (Lipinski definition) is 3. The number of fused-ring (bicyclic) bond motifs is 2. The Morgan fingerprint density at radius 2 is 1.86 bits per heavy atom. The van der Waals surface area contributed by atoms with Crippen LogP contribution >= 0.6 is 12.4 Å². The number of hydrogen-bond donors (Lipinski definition) is 1. The van der Waals surface area contributed by atoms with E-state index < -0.39 is 11.6 Å². The van der Waals surface area contributed by atoms with Crippen LogP contribution in [0.1, 0.15) is 31.2 Å². The van der Waals surface area contributed by atoms with Crippen molar-refractivity contribution in [2.45, 2.75) is 37.8 Å². The van der Waals surface area contributed by atoms with Gasteiger partial charge in [0.05, 0.1) is 5.71 Å². The summed E-state index contributed by atoms with van der Waals surface area (Å²) in [5.41, 5.74) is 0.565. The second kappa shape index (κ2) is 6.28. The first-order chi connectivity index (χ1) is 9.60. The molecule has 0 aliphatic carbocycles. The molecule has 2 atom stereocenters. The molecule has 2 fully saturated rings. The lowest BCUT2D eigenvalue weighted by Crippen LogP contribution is -2.42. The van der Waals surface area contributed by atoms with Gasteiger partial charge in [0.15, 0.2) is 0 Å². The minimum absolute atomic E-state index is 0. The Balaban J connectivity index is 0.00000161. The highest BCUT2D eigenvalue weighted by Gasteiger charge is 2.40. The Hall–Kier alpha value is -1.20. The molecule has 1 N–H and O–H groups in total. The van der Waals surface area contributed by atoms with Crippen LogP contribution in [0.5, 0.6) is 0 Å². The molecule has 3 nitrogen and oxygen atoms in total. The molecular formula is C15H19ClF2N2O. The zero-order valence-corrected chi connectivity index (χ0v) is 12.6.